The van der Waals surface area contributed by atoms with Gasteiger partial charge in [-0.2, -0.15) is 0 Å². The lowest BCUT2D eigenvalue weighted by molar-refractivity contribution is -0.137. The zero-order chi connectivity index (χ0) is 16.0. The van der Waals surface area contributed by atoms with E-state index in [1.807, 2.05) is 27.7 Å². The van der Waals surface area contributed by atoms with Crippen LogP contribution in [-0.2, 0) is 17.6 Å². The van der Waals surface area contributed by atoms with Gasteiger partial charge in [-0.15, -0.1) is 0 Å². The molecule has 0 fully saturated rings. The number of nitrogens with zero attached hydrogens (tertiary/aromatic N) is 1. The van der Waals surface area contributed by atoms with Crippen LogP contribution >= 0.6 is 0 Å². The molecule has 1 rings (SSSR count). The third-order valence-electron chi connectivity index (χ3n) is 3.90. The van der Waals surface area contributed by atoms with E-state index in [1.165, 1.54) is 0 Å². The number of hydrogen-bond acceptors (Lipinski definition) is 2. The molecule has 1 aromatic heterocycles. The summed E-state index contributed by atoms with van der Waals surface area (Å²) < 4.78 is 0. The van der Waals surface area contributed by atoms with Gasteiger partial charge >= 0.3 is 5.97 Å². The van der Waals surface area contributed by atoms with E-state index in [1.54, 1.807) is 4.90 Å². The Balaban J connectivity index is 3.00. The van der Waals surface area contributed by atoms with Crippen LogP contribution in [0.1, 0.15) is 60.9 Å². The van der Waals surface area contributed by atoms with E-state index < -0.39 is 5.97 Å². The lowest BCUT2D eigenvalue weighted by Crippen LogP contribution is -2.31. The number of aromatic amines is 1. The number of carbonyl (C=O) groups excluding carboxylic acids is 1. The van der Waals surface area contributed by atoms with Crippen LogP contribution in [0.4, 0.5) is 0 Å². The molecule has 0 atom stereocenters. The van der Waals surface area contributed by atoms with Crippen molar-refractivity contribution in [1.29, 1.82) is 0 Å². The molecular weight excluding hydrogens is 268 g/mol. The summed E-state index contributed by atoms with van der Waals surface area (Å²) >= 11 is 0. The van der Waals surface area contributed by atoms with Crippen molar-refractivity contribution >= 4 is 11.9 Å². The molecule has 0 aliphatic rings. The summed E-state index contributed by atoms with van der Waals surface area (Å²) in [6.45, 7) is 9.29. The maximum Gasteiger partial charge on any atom is 0.303 e. The molecule has 0 aliphatic heterocycles. The minimum absolute atomic E-state index is 0.0247. The minimum Gasteiger partial charge on any atom is -0.481 e. The lowest BCUT2D eigenvalue weighted by atomic mass is 10.0. The molecular formula is C16H26N2O3. The zero-order valence-corrected chi connectivity index (χ0v) is 13.5. The molecule has 118 valence electrons. The van der Waals surface area contributed by atoms with Crippen LogP contribution in [0.3, 0.4) is 0 Å². The summed E-state index contributed by atoms with van der Waals surface area (Å²) in [6, 6.07) is 0. The van der Waals surface area contributed by atoms with Crippen LogP contribution in [0.5, 0.6) is 0 Å². The number of H-pyrrole nitrogens is 1. The first-order valence-electron chi connectivity index (χ1n) is 7.67. The van der Waals surface area contributed by atoms with Crippen LogP contribution in [0, 0.1) is 6.92 Å². The molecule has 0 aliphatic carbocycles. The summed E-state index contributed by atoms with van der Waals surface area (Å²) in [6.07, 6.45) is 2.27. The van der Waals surface area contributed by atoms with E-state index in [4.69, 9.17) is 5.11 Å². The van der Waals surface area contributed by atoms with Crippen LogP contribution in [0.25, 0.3) is 0 Å². The Labute approximate surface area is 126 Å². The van der Waals surface area contributed by atoms with Gasteiger partial charge in [0, 0.05) is 25.2 Å². The van der Waals surface area contributed by atoms with Crippen molar-refractivity contribution in [3.63, 3.8) is 0 Å². The highest BCUT2D eigenvalue weighted by atomic mass is 16.4. The van der Waals surface area contributed by atoms with E-state index >= 15 is 0 Å². The van der Waals surface area contributed by atoms with E-state index in [0.717, 1.165) is 23.2 Å². The normalized spacial score (nSPS) is 10.7. The number of carboxylic acids is 1. The van der Waals surface area contributed by atoms with Gasteiger partial charge in [0.1, 0.15) is 5.69 Å². The molecule has 0 radical (unpaired) electrons. The Morgan fingerprint density at radius 2 is 1.81 bits per heavy atom. The SMILES string of the molecule is CCc1[nH]c(C(=O)N(CC)CC)c(C)c1CCCC(=O)O. The molecule has 2 N–H and O–H groups in total. The van der Waals surface area contributed by atoms with Gasteiger partial charge in [-0.3, -0.25) is 9.59 Å². The topological polar surface area (TPSA) is 73.4 Å². The first-order valence-corrected chi connectivity index (χ1v) is 7.67. The van der Waals surface area contributed by atoms with Gasteiger partial charge in [-0.05, 0) is 51.2 Å². The second kappa shape index (κ2) is 7.86. The Morgan fingerprint density at radius 1 is 1.19 bits per heavy atom. The highest BCUT2D eigenvalue weighted by Crippen LogP contribution is 2.22. The van der Waals surface area contributed by atoms with Crippen molar-refractivity contribution in [1.82, 2.24) is 9.88 Å². The van der Waals surface area contributed by atoms with Crippen LogP contribution in [-0.4, -0.2) is 40.0 Å². The van der Waals surface area contributed by atoms with Crippen molar-refractivity contribution in [2.75, 3.05) is 13.1 Å². The third kappa shape index (κ3) is 4.09. The maximum absolute atomic E-state index is 12.5. The molecule has 5 nitrogen and oxygen atoms in total. The van der Waals surface area contributed by atoms with E-state index in [9.17, 15) is 9.59 Å². The van der Waals surface area contributed by atoms with Gasteiger partial charge in [0.25, 0.3) is 5.91 Å². The standard InChI is InChI=1S/C16H26N2O3/c1-5-13-12(9-8-10-14(19)20)11(4)15(17-13)16(21)18(6-2)7-3/h17H,5-10H2,1-4H3,(H,19,20). The fourth-order valence-corrected chi connectivity index (χ4v) is 2.64. The van der Waals surface area contributed by atoms with Gasteiger partial charge in [0.05, 0.1) is 0 Å². The first-order chi connectivity index (χ1) is 9.96. The summed E-state index contributed by atoms with van der Waals surface area (Å²) in [5, 5.41) is 8.75. The average Bonchev–Trinajstić information content (AvgIpc) is 2.76. The molecule has 0 bridgehead atoms. The average molecular weight is 294 g/mol. The monoisotopic (exact) mass is 294 g/mol. The summed E-state index contributed by atoms with van der Waals surface area (Å²) in [4.78, 5) is 28.2. The Bertz CT molecular complexity index is 502. The van der Waals surface area contributed by atoms with E-state index in [-0.39, 0.29) is 12.3 Å². The van der Waals surface area contributed by atoms with Crippen molar-refractivity contribution in [3.05, 3.63) is 22.5 Å². The van der Waals surface area contributed by atoms with Gasteiger partial charge in [-0.25, -0.2) is 0 Å². The fourth-order valence-electron chi connectivity index (χ4n) is 2.64. The summed E-state index contributed by atoms with van der Waals surface area (Å²) in [5.74, 6) is -0.752. The number of rotatable bonds is 8. The zero-order valence-electron chi connectivity index (χ0n) is 13.5. The number of amides is 1. The Kier molecular flexibility index (Phi) is 6.46. The second-order valence-electron chi connectivity index (χ2n) is 5.16. The third-order valence-corrected chi connectivity index (χ3v) is 3.90. The van der Waals surface area contributed by atoms with Crippen molar-refractivity contribution in [3.8, 4) is 0 Å². The number of aromatic nitrogens is 1. The molecule has 1 aromatic rings. The summed E-state index contributed by atoms with van der Waals surface area (Å²) in [7, 11) is 0. The number of aryl methyl sites for hydroxylation is 1. The quantitative estimate of drug-likeness (QED) is 0.774. The van der Waals surface area contributed by atoms with Crippen LogP contribution in [0.15, 0.2) is 0 Å². The number of hydrogen-bond donors (Lipinski definition) is 2. The number of nitrogens with one attached hydrogen (secondary N) is 1. The number of carboxylic acid groups (broad SMARTS) is 1. The van der Waals surface area contributed by atoms with Crippen molar-refractivity contribution in [2.45, 2.75) is 53.4 Å². The van der Waals surface area contributed by atoms with Crippen molar-refractivity contribution in [2.24, 2.45) is 0 Å². The van der Waals surface area contributed by atoms with Gasteiger partial charge in [-0.1, -0.05) is 6.92 Å². The first kappa shape index (κ1) is 17.3. The second-order valence-corrected chi connectivity index (χ2v) is 5.16. The Hall–Kier alpha value is -1.78. The highest BCUT2D eigenvalue weighted by molar-refractivity contribution is 5.94. The predicted molar refractivity (Wildman–Crippen MR) is 82.7 cm³/mol. The minimum atomic E-state index is -0.777. The molecule has 21 heavy (non-hydrogen) atoms. The molecule has 0 spiro atoms. The smallest absolute Gasteiger partial charge is 0.303 e. The highest BCUT2D eigenvalue weighted by Gasteiger charge is 2.21. The largest absolute Gasteiger partial charge is 0.481 e. The van der Waals surface area contributed by atoms with Gasteiger partial charge in [0.15, 0.2) is 0 Å². The fraction of sp³-hybridized carbons (Fsp3) is 0.625. The molecule has 0 unspecified atom stereocenters. The molecule has 0 aromatic carbocycles. The van der Waals surface area contributed by atoms with E-state index in [2.05, 4.69) is 4.98 Å². The van der Waals surface area contributed by atoms with E-state index in [0.29, 0.717) is 31.6 Å². The molecule has 0 saturated carbocycles. The molecule has 1 amide bonds. The molecule has 1 heterocycles. The van der Waals surface area contributed by atoms with Gasteiger partial charge in [0.2, 0.25) is 0 Å². The predicted octanol–water partition coefficient (Wildman–Crippen LogP) is 2.77. The number of aliphatic carboxylic acids is 1. The van der Waals surface area contributed by atoms with Gasteiger partial charge < -0.3 is 15.0 Å². The lowest BCUT2D eigenvalue weighted by Gasteiger charge is -2.18. The molecule has 5 heteroatoms. The number of carbonyl (C=O) groups is 2. The van der Waals surface area contributed by atoms with Crippen LogP contribution < -0.4 is 0 Å². The van der Waals surface area contributed by atoms with Crippen molar-refractivity contribution < 1.29 is 14.7 Å². The Morgan fingerprint density at radius 3 is 2.29 bits per heavy atom. The summed E-state index contributed by atoms with van der Waals surface area (Å²) in [5.41, 5.74) is 3.78. The van der Waals surface area contributed by atoms with Crippen LogP contribution in [0.2, 0.25) is 0 Å². The maximum atomic E-state index is 12.5. The molecule has 0 saturated heterocycles.